The van der Waals surface area contributed by atoms with E-state index in [0.717, 1.165) is 54.0 Å². The molecule has 3 heterocycles. The molecule has 0 saturated carbocycles. The molecular weight excluding hydrogens is 374 g/mol. The number of amides is 1. The van der Waals surface area contributed by atoms with Crippen molar-refractivity contribution in [1.29, 1.82) is 0 Å². The van der Waals surface area contributed by atoms with Crippen molar-refractivity contribution in [1.82, 2.24) is 14.5 Å². The molecule has 30 heavy (non-hydrogen) atoms. The zero-order valence-corrected chi connectivity index (χ0v) is 16.9. The summed E-state index contributed by atoms with van der Waals surface area (Å²) in [4.78, 5) is 24.9. The minimum Gasteiger partial charge on any atom is -0.354 e. The Kier molecular flexibility index (Phi) is 4.67. The van der Waals surface area contributed by atoms with Crippen molar-refractivity contribution < 1.29 is 4.79 Å². The number of benzene rings is 2. The number of nitrogens with one attached hydrogen (secondary N) is 1. The van der Waals surface area contributed by atoms with Crippen LogP contribution < -0.4 is 10.2 Å². The average Bonchev–Trinajstić information content (AvgIpc) is 3.48. The molecule has 1 aliphatic heterocycles. The Bertz CT molecular complexity index is 1210. The van der Waals surface area contributed by atoms with Gasteiger partial charge in [-0.05, 0) is 61.7 Å². The van der Waals surface area contributed by atoms with E-state index in [2.05, 4.69) is 10.2 Å². The van der Waals surface area contributed by atoms with Crippen LogP contribution in [0.4, 0.5) is 11.6 Å². The van der Waals surface area contributed by atoms with Crippen LogP contribution in [0.3, 0.4) is 0 Å². The van der Waals surface area contributed by atoms with Gasteiger partial charge in [-0.1, -0.05) is 18.2 Å². The molecule has 1 aliphatic rings. The molecular formula is C24H23N5O. The predicted molar refractivity (Wildman–Crippen MR) is 119 cm³/mol. The van der Waals surface area contributed by atoms with Crippen molar-refractivity contribution in [2.24, 2.45) is 0 Å². The van der Waals surface area contributed by atoms with Gasteiger partial charge in [-0.3, -0.25) is 4.79 Å². The Balaban J connectivity index is 1.51. The van der Waals surface area contributed by atoms with Gasteiger partial charge in [0.1, 0.15) is 0 Å². The molecule has 0 spiro atoms. The molecule has 0 unspecified atom stereocenters. The van der Waals surface area contributed by atoms with Gasteiger partial charge in [0.25, 0.3) is 5.91 Å². The molecule has 5 rings (SSSR count). The topological polar surface area (TPSA) is 63.1 Å². The Labute approximate surface area is 175 Å². The highest BCUT2D eigenvalue weighted by Gasteiger charge is 2.21. The lowest BCUT2D eigenvalue weighted by Crippen LogP contribution is -2.23. The number of hydrogen-bond donors (Lipinski definition) is 1. The molecule has 1 saturated heterocycles. The van der Waals surface area contributed by atoms with Gasteiger partial charge < -0.3 is 14.8 Å². The van der Waals surface area contributed by atoms with Crippen molar-refractivity contribution in [3.05, 3.63) is 78.1 Å². The zero-order valence-electron chi connectivity index (χ0n) is 16.9. The van der Waals surface area contributed by atoms with Crippen molar-refractivity contribution >= 4 is 28.6 Å². The van der Waals surface area contributed by atoms with Gasteiger partial charge >= 0.3 is 0 Å². The van der Waals surface area contributed by atoms with Crippen molar-refractivity contribution in [3.63, 3.8) is 0 Å². The number of nitrogens with zero attached hydrogens (tertiary/aromatic N) is 4. The lowest BCUT2D eigenvalue weighted by Gasteiger charge is -2.20. The number of para-hydroxylation sites is 2. The Morgan fingerprint density at radius 1 is 0.933 bits per heavy atom. The minimum atomic E-state index is -0.187. The quantitative estimate of drug-likeness (QED) is 0.547. The summed E-state index contributed by atoms with van der Waals surface area (Å²) in [5.41, 5.74) is 4.28. The predicted octanol–water partition coefficient (Wildman–Crippen LogP) is 4.58. The highest BCUT2D eigenvalue weighted by molar-refractivity contribution is 6.06. The number of anilines is 2. The first kappa shape index (κ1) is 18.4. The van der Waals surface area contributed by atoms with Crippen molar-refractivity contribution in [2.75, 3.05) is 23.3 Å². The Morgan fingerprint density at radius 2 is 1.63 bits per heavy atom. The molecule has 0 radical (unpaired) electrons. The number of carbonyl (C=O) groups is 1. The third-order valence-electron chi connectivity index (χ3n) is 5.54. The van der Waals surface area contributed by atoms with Crippen molar-refractivity contribution in [2.45, 2.75) is 19.8 Å². The number of aryl methyl sites for hydroxylation is 1. The van der Waals surface area contributed by atoms with Gasteiger partial charge in [-0.2, -0.15) is 0 Å². The number of fused-ring (bicyclic) bond motifs is 1. The summed E-state index contributed by atoms with van der Waals surface area (Å²) in [6.45, 7) is 3.90. The van der Waals surface area contributed by atoms with Crippen LogP contribution in [0.5, 0.6) is 0 Å². The van der Waals surface area contributed by atoms with E-state index in [9.17, 15) is 4.79 Å². The third kappa shape index (κ3) is 3.41. The summed E-state index contributed by atoms with van der Waals surface area (Å²) in [7, 11) is 0. The van der Waals surface area contributed by atoms with Gasteiger partial charge in [-0.15, -0.1) is 0 Å². The fourth-order valence-electron chi connectivity index (χ4n) is 3.93. The van der Waals surface area contributed by atoms with Crippen molar-refractivity contribution in [3.8, 4) is 5.69 Å². The lowest BCUT2D eigenvalue weighted by molar-refractivity contribution is 0.102. The molecule has 6 nitrogen and oxygen atoms in total. The van der Waals surface area contributed by atoms with Gasteiger partial charge in [0, 0.05) is 36.7 Å². The van der Waals surface area contributed by atoms with E-state index in [1.54, 1.807) is 0 Å². The first-order valence-corrected chi connectivity index (χ1v) is 10.3. The SMILES string of the molecule is Cc1ccc(C(=O)Nc2nc3ccccc3nc2N2CCCC2)cc1-n1cccc1. The molecule has 1 fully saturated rings. The molecule has 2 aromatic heterocycles. The molecule has 6 heteroatoms. The largest absolute Gasteiger partial charge is 0.354 e. The zero-order chi connectivity index (χ0) is 20.5. The molecule has 0 aliphatic carbocycles. The van der Waals surface area contributed by atoms with E-state index < -0.39 is 0 Å². The minimum absolute atomic E-state index is 0.187. The lowest BCUT2D eigenvalue weighted by atomic mass is 10.1. The first-order chi connectivity index (χ1) is 14.7. The van der Waals surface area contributed by atoms with Gasteiger partial charge in [-0.25, -0.2) is 9.97 Å². The number of carbonyl (C=O) groups excluding carboxylic acids is 1. The highest BCUT2D eigenvalue weighted by atomic mass is 16.1. The van der Waals surface area contributed by atoms with Crippen LogP contribution in [0.25, 0.3) is 16.7 Å². The van der Waals surface area contributed by atoms with E-state index in [-0.39, 0.29) is 5.91 Å². The van der Waals surface area contributed by atoms with E-state index >= 15 is 0 Å². The van der Waals surface area contributed by atoms with E-state index in [1.165, 1.54) is 0 Å². The smallest absolute Gasteiger partial charge is 0.256 e. The average molecular weight is 397 g/mol. The number of rotatable bonds is 4. The van der Waals surface area contributed by atoms with Crippen LogP contribution in [0.15, 0.2) is 67.0 Å². The maximum atomic E-state index is 13.1. The fraction of sp³-hybridized carbons (Fsp3) is 0.208. The van der Waals surface area contributed by atoms with E-state index in [4.69, 9.17) is 9.97 Å². The molecule has 4 aromatic rings. The second-order valence-electron chi connectivity index (χ2n) is 7.62. The molecule has 0 atom stereocenters. The van der Waals surface area contributed by atoms with E-state index in [1.807, 2.05) is 78.5 Å². The van der Waals surface area contributed by atoms with Crippen LogP contribution in [0.1, 0.15) is 28.8 Å². The normalized spacial score (nSPS) is 13.7. The second kappa shape index (κ2) is 7.63. The van der Waals surface area contributed by atoms with Crippen LogP contribution in [-0.2, 0) is 0 Å². The molecule has 0 bridgehead atoms. The molecule has 1 amide bonds. The molecule has 2 aromatic carbocycles. The van der Waals surface area contributed by atoms with Crippen LogP contribution in [0, 0.1) is 6.92 Å². The van der Waals surface area contributed by atoms with Crippen LogP contribution in [-0.4, -0.2) is 33.5 Å². The Morgan fingerprint density at radius 3 is 2.37 bits per heavy atom. The Hall–Kier alpha value is -3.67. The molecule has 1 N–H and O–H groups in total. The van der Waals surface area contributed by atoms with Gasteiger partial charge in [0.05, 0.1) is 11.0 Å². The maximum Gasteiger partial charge on any atom is 0.256 e. The summed E-state index contributed by atoms with van der Waals surface area (Å²) < 4.78 is 2.01. The number of hydrogen-bond acceptors (Lipinski definition) is 4. The number of aromatic nitrogens is 3. The summed E-state index contributed by atoms with van der Waals surface area (Å²) in [5.74, 6) is 1.08. The van der Waals surface area contributed by atoms with E-state index in [0.29, 0.717) is 11.4 Å². The highest BCUT2D eigenvalue weighted by Crippen LogP contribution is 2.28. The van der Waals surface area contributed by atoms with Crippen LogP contribution in [0.2, 0.25) is 0 Å². The van der Waals surface area contributed by atoms with Gasteiger partial charge in [0.2, 0.25) is 0 Å². The summed E-state index contributed by atoms with van der Waals surface area (Å²) in [6.07, 6.45) is 6.20. The fourth-order valence-corrected chi connectivity index (χ4v) is 3.93. The summed E-state index contributed by atoms with van der Waals surface area (Å²) >= 11 is 0. The summed E-state index contributed by atoms with van der Waals surface area (Å²) in [6, 6.07) is 17.4. The maximum absolute atomic E-state index is 13.1. The first-order valence-electron chi connectivity index (χ1n) is 10.3. The van der Waals surface area contributed by atoms with Crippen LogP contribution >= 0.6 is 0 Å². The summed E-state index contributed by atoms with van der Waals surface area (Å²) in [5, 5.41) is 3.02. The second-order valence-corrected chi connectivity index (χ2v) is 7.62. The van der Waals surface area contributed by atoms with Gasteiger partial charge in [0.15, 0.2) is 11.6 Å². The monoisotopic (exact) mass is 397 g/mol. The standard InChI is InChI=1S/C24H23N5O/c1-17-10-11-18(16-21(17)28-12-4-5-13-28)24(30)27-22-23(29-14-6-7-15-29)26-20-9-3-2-8-19(20)25-22/h2-5,8-13,16H,6-7,14-15H2,1H3,(H,25,27,30). The third-order valence-corrected chi connectivity index (χ3v) is 5.54. The molecule has 150 valence electrons.